The van der Waals surface area contributed by atoms with Crippen LogP contribution in [0.5, 0.6) is 0 Å². The summed E-state index contributed by atoms with van der Waals surface area (Å²) >= 11 is 0. The Morgan fingerprint density at radius 2 is 1.53 bits per heavy atom. The highest BCUT2D eigenvalue weighted by atomic mass is 19.1. The molecule has 0 N–H and O–H groups in total. The minimum absolute atomic E-state index is 0.0637. The van der Waals surface area contributed by atoms with E-state index in [-0.39, 0.29) is 11.7 Å². The molecule has 1 rings (SSSR count). The number of halogens is 1. The molecular formula is C15H24FN. The van der Waals surface area contributed by atoms with E-state index in [1.807, 2.05) is 34.0 Å². The van der Waals surface area contributed by atoms with Crippen molar-refractivity contribution in [3.63, 3.8) is 0 Å². The zero-order valence-electron chi connectivity index (χ0n) is 11.8. The van der Waals surface area contributed by atoms with Gasteiger partial charge in [0.25, 0.3) is 0 Å². The Bertz CT molecular complexity index is 381. The third-order valence-corrected chi connectivity index (χ3v) is 2.99. The highest BCUT2D eigenvalue weighted by Crippen LogP contribution is 2.27. The van der Waals surface area contributed by atoms with Crippen LogP contribution in [0, 0.1) is 5.82 Å². The summed E-state index contributed by atoms with van der Waals surface area (Å²) in [5.41, 5.74) is 3.20. The first kappa shape index (κ1) is 14.2. The van der Waals surface area contributed by atoms with Crippen molar-refractivity contribution in [2.45, 2.75) is 46.1 Å². The van der Waals surface area contributed by atoms with Crippen molar-refractivity contribution in [1.29, 1.82) is 0 Å². The van der Waals surface area contributed by atoms with Crippen LogP contribution in [0.15, 0.2) is 12.1 Å². The van der Waals surface area contributed by atoms with Crippen LogP contribution in [0.4, 0.5) is 4.39 Å². The van der Waals surface area contributed by atoms with E-state index >= 15 is 0 Å². The van der Waals surface area contributed by atoms with Crippen molar-refractivity contribution in [1.82, 2.24) is 4.90 Å². The van der Waals surface area contributed by atoms with E-state index < -0.39 is 0 Å². The molecule has 0 bridgehead atoms. The molecule has 0 spiro atoms. The molecule has 96 valence electrons. The topological polar surface area (TPSA) is 3.24 Å². The number of nitrogens with zero attached hydrogens (tertiary/aromatic N) is 1. The van der Waals surface area contributed by atoms with Crippen LogP contribution in [0.1, 0.15) is 56.2 Å². The van der Waals surface area contributed by atoms with E-state index in [0.29, 0.717) is 5.92 Å². The number of rotatable bonds is 4. The van der Waals surface area contributed by atoms with E-state index in [0.717, 1.165) is 17.7 Å². The largest absolute Gasteiger partial charge is 0.305 e. The zero-order valence-corrected chi connectivity index (χ0v) is 11.8. The lowest BCUT2D eigenvalue weighted by molar-refractivity contribution is 0.399. The van der Waals surface area contributed by atoms with Gasteiger partial charge in [0.2, 0.25) is 0 Å². The smallest absolute Gasteiger partial charge is 0.126 e. The molecule has 0 saturated carbocycles. The Morgan fingerprint density at radius 1 is 1.00 bits per heavy atom. The van der Waals surface area contributed by atoms with Crippen LogP contribution >= 0.6 is 0 Å². The Morgan fingerprint density at radius 3 is 1.94 bits per heavy atom. The molecule has 1 aromatic rings. The third kappa shape index (κ3) is 3.53. The zero-order chi connectivity index (χ0) is 13.2. The first-order valence-electron chi connectivity index (χ1n) is 6.29. The average Bonchev–Trinajstić information content (AvgIpc) is 2.18. The van der Waals surface area contributed by atoms with Gasteiger partial charge in [0.15, 0.2) is 0 Å². The minimum Gasteiger partial charge on any atom is -0.305 e. The summed E-state index contributed by atoms with van der Waals surface area (Å²) in [5, 5.41) is 0. The summed E-state index contributed by atoms with van der Waals surface area (Å²) in [6.07, 6.45) is 0. The van der Waals surface area contributed by atoms with Crippen molar-refractivity contribution < 1.29 is 4.39 Å². The van der Waals surface area contributed by atoms with E-state index in [4.69, 9.17) is 0 Å². The van der Waals surface area contributed by atoms with Gasteiger partial charge in [-0.05, 0) is 48.7 Å². The summed E-state index contributed by atoms with van der Waals surface area (Å²) < 4.78 is 14.0. The van der Waals surface area contributed by atoms with Crippen molar-refractivity contribution >= 4 is 0 Å². The normalized spacial score (nSPS) is 11.9. The molecule has 0 amide bonds. The third-order valence-electron chi connectivity index (χ3n) is 2.99. The maximum atomic E-state index is 14.0. The number of hydrogen-bond acceptors (Lipinski definition) is 1. The minimum atomic E-state index is -0.0637. The summed E-state index contributed by atoms with van der Waals surface area (Å²) in [5.74, 6) is 0.531. The molecule has 0 aromatic heterocycles. The summed E-state index contributed by atoms with van der Waals surface area (Å²) in [7, 11) is 4.09. The molecule has 0 fully saturated rings. The quantitative estimate of drug-likeness (QED) is 0.761. The lowest BCUT2D eigenvalue weighted by atomic mass is 9.91. The Balaban J connectivity index is 3.26. The number of benzene rings is 1. The molecule has 0 aliphatic carbocycles. The van der Waals surface area contributed by atoms with Crippen molar-refractivity contribution in [2.75, 3.05) is 14.1 Å². The van der Waals surface area contributed by atoms with Gasteiger partial charge in [0.1, 0.15) is 5.82 Å². The fourth-order valence-electron chi connectivity index (χ4n) is 2.11. The Labute approximate surface area is 105 Å². The first-order chi connectivity index (χ1) is 7.82. The van der Waals surface area contributed by atoms with Gasteiger partial charge in [0, 0.05) is 6.54 Å². The van der Waals surface area contributed by atoms with Gasteiger partial charge in [-0.2, -0.15) is 0 Å². The summed E-state index contributed by atoms with van der Waals surface area (Å²) in [4.78, 5) is 2.13. The predicted molar refractivity (Wildman–Crippen MR) is 72.0 cm³/mol. The molecule has 1 aromatic carbocycles. The highest BCUT2D eigenvalue weighted by molar-refractivity contribution is 5.36. The van der Waals surface area contributed by atoms with Crippen LogP contribution in [-0.2, 0) is 6.54 Å². The van der Waals surface area contributed by atoms with Crippen LogP contribution in [0.2, 0.25) is 0 Å². The van der Waals surface area contributed by atoms with Crippen molar-refractivity contribution in [2.24, 2.45) is 0 Å². The first-order valence-corrected chi connectivity index (χ1v) is 6.29. The maximum Gasteiger partial charge on any atom is 0.126 e. The van der Waals surface area contributed by atoms with Crippen LogP contribution in [0.25, 0.3) is 0 Å². The maximum absolute atomic E-state index is 14.0. The van der Waals surface area contributed by atoms with Crippen LogP contribution in [-0.4, -0.2) is 19.0 Å². The second kappa shape index (κ2) is 5.63. The fourth-order valence-corrected chi connectivity index (χ4v) is 2.11. The van der Waals surface area contributed by atoms with Crippen LogP contribution in [0.3, 0.4) is 0 Å². The van der Waals surface area contributed by atoms with E-state index in [1.54, 1.807) is 6.07 Å². The van der Waals surface area contributed by atoms with Crippen molar-refractivity contribution in [3.05, 3.63) is 34.6 Å². The SMILES string of the molecule is CC(C)c1cc(CN(C)C)c(C(C)C)cc1F. The Kier molecular flexibility index (Phi) is 4.70. The molecule has 2 heteroatoms. The average molecular weight is 237 g/mol. The van der Waals surface area contributed by atoms with E-state index in [2.05, 4.69) is 18.7 Å². The molecule has 0 atom stereocenters. The molecule has 0 aliphatic rings. The van der Waals surface area contributed by atoms with E-state index in [1.165, 1.54) is 5.56 Å². The molecule has 0 saturated heterocycles. The lowest BCUT2D eigenvalue weighted by Crippen LogP contribution is -2.14. The molecule has 0 unspecified atom stereocenters. The van der Waals surface area contributed by atoms with E-state index in [9.17, 15) is 4.39 Å². The van der Waals surface area contributed by atoms with Crippen LogP contribution < -0.4 is 0 Å². The van der Waals surface area contributed by atoms with Gasteiger partial charge in [-0.15, -0.1) is 0 Å². The second-order valence-electron chi connectivity index (χ2n) is 5.62. The number of hydrogen-bond donors (Lipinski definition) is 0. The van der Waals surface area contributed by atoms with Gasteiger partial charge >= 0.3 is 0 Å². The monoisotopic (exact) mass is 237 g/mol. The van der Waals surface area contributed by atoms with Gasteiger partial charge in [-0.25, -0.2) is 4.39 Å². The van der Waals surface area contributed by atoms with Gasteiger partial charge in [-0.3, -0.25) is 0 Å². The second-order valence-corrected chi connectivity index (χ2v) is 5.62. The molecule has 0 radical (unpaired) electrons. The molecule has 0 heterocycles. The predicted octanol–water partition coefficient (Wildman–Crippen LogP) is 4.13. The summed E-state index contributed by atoms with van der Waals surface area (Å²) in [6.45, 7) is 9.17. The standard InChI is InChI=1S/C15H24FN/c1-10(2)13-8-15(16)14(11(3)4)7-12(13)9-17(5)6/h7-8,10-11H,9H2,1-6H3. The lowest BCUT2D eigenvalue weighted by Gasteiger charge is -2.19. The van der Waals surface area contributed by atoms with Gasteiger partial charge in [-0.1, -0.05) is 33.8 Å². The van der Waals surface area contributed by atoms with Gasteiger partial charge in [0.05, 0.1) is 0 Å². The van der Waals surface area contributed by atoms with Gasteiger partial charge < -0.3 is 4.90 Å². The fraction of sp³-hybridized carbons (Fsp3) is 0.600. The molecule has 0 aliphatic heterocycles. The summed E-state index contributed by atoms with van der Waals surface area (Å²) in [6, 6.07) is 3.76. The molecule has 1 nitrogen and oxygen atoms in total. The molecule has 17 heavy (non-hydrogen) atoms. The Hall–Kier alpha value is -0.890. The highest BCUT2D eigenvalue weighted by Gasteiger charge is 2.14. The van der Waals surface area contributed by atoms with Crippen molar-refractivity contribution in [3.8, 4) is 0 Å². The molecular weight excluding hydrogens is 213 g/mol.